The lowest BCUT2D eigenvalue weighted by atomic mass is 10.2. The molecule has 1 atom stereocenters. The summed E-state index contributed by atoms with van der Waals surface area (Å²) in [7, 11) is 0. The molecule has 0 aliphatic heterocycles. The van der Waals surface area contributed by atoms with Crippen molar-refractivity contribution < 1.29 is 14.6 Å². The monoisotopic (exact) mass is 227 g/mol. The molecule has 4 heteroatoms. The van der Waals surface area contributed by atoms with E-state index in [0.717, 1.165) is 5.56 Å². The van der Waals surface area contributed by atoms with E-state index in [-0.39, 0.29) is 6.29 Å². The minimum absolute atomic E-state index is 0.218. The van der Waals surface area contributed by atoms with Gasteiger partial charge < -0.3 is 19.1 Å². The van der Waals surface area contributed by atoms with Crippen LogP contribution >= 0.6 is 0 Å². The second kappa shape index (κ2) is 6.68. The smallest absolute Gasteiger partial charge is 0.175 e. The Hall–Kier alpha value is -0.840. The van der Waals surface area contributed by atoms with Gasteiger partial charge in [-0.05, 0) is 32.4 Å². The number of ether oxygens (including phenoxy) is 2. The van der Waals surface area contributed by atoms with Crippen molar-refractivity contribution in [2.75, 3.05) is 13.2 Å². The minimum atomic E-state index is -0.432. The standard InChI is InChI=1S/C12H21NO3/c1-4-15-12(16-5-2)9-13-7-6-11(8-13)10(3)14/h6-8,10,12,14H,4-5,9H2,1-3H3. The first-order valence-electron chi connectivity index (χ1n) is 5.74. The van der Waals surface area contributed by atoms with Crippen LogP contribution in [0, 0.1) is 0 Å². The van der Waals surface area contributed by atoms with Crippen LogP contribution in [0.2, 0.25) is 0 Å². The normalized spacial score (nSPS) is 13.3. The van der Waals surface area contributed by atoms with Crippen molar-refractivity contribution >= 4 is 0 Å². The van der Waals surface area contributed by atoms with Gasteiger partial charge in [-0.15, -0.1) is 0 Å². The molecular formula is C12H21NO3. The zero-order valence-corrected chi connectivity index (χ0v) is 10.2. The molecule has 92 valence electrons. The summed E-state index contributed by atoms with van der Waals surface area (Å²) in [6.07, 6.45) is 3.19. The van der Waals surface area contributed by atoms with Gasteiger partial charge in [-0.2, -0.15) is 0 Å². The zero-order chi connectivity index (χ0) is 12.0. The van der Waals surface area contributed by atoms with E-state index in [9.17, 15) is 5.11 Å². The number of rotatable bonds is 7. The third-order valence-electron chi connectivity index (χ3n) is 2.32. The summed E-state index contributed by atoms with van der Waals surface area (Å²) in [5.41, 5.74) is 0.909. The minimum Gasteiger partial charge on any atom is -0.389 e. The highest BCUT2D eigenvalue weighted by Gasteiger charge is 2.10. The molecule has 0 bridgehead atoms. The molecule has 0 radical (unpaired) electrons. The highest BCUT2D eigenvalue weighted by Crippen LogP contribution is 2.12. The van der Waals surface area contributed by atoms with Crippen molar-refractivity contribution in [2.45, 2.75) is 39.7 Å². The first-order chi connectivity index (χ1) is 7.67. The lowest BCUT2D eigenvalue weighted by molar-refractivity contribution is -0.143. The quantitative estimate of drug-likeness (QED) is 0.724. The maximum absolute atomic E-state index is 9.40. The second-order valence-electron chi connectivity index (χ2n) is 3.66. The van der Waals surface area contributed by atoms with Gasteiger partial charge in [0.25, 0.3) is 0 Å². The second-order valence-corrected chi connectivity index (χ2v) is 3.66. The molecule has 4 nitrogen and oxygen atoms in total. The molecule has 0 aromatic carbocycles. The van der Waals surface area contributed by atoms with E-state index in [0.29, 0.717) is 19.8 Å². The first kappa shape index (κ1) is 13.2. The highest BCUT2D eigenvalue weighted by atomic mass is 16.7. The lowest BCUT2D eigenvalue weighted by Crippen LogP contribution is -2.23. The summed E-state index contributed by atoms with van der Waals surface area (Å²) in [5.74, 6) is 0. The molecular weight excluding hydrogens is 206 g/mol. The highest BCUT2D eigenvalue weighted by molar-refractivity contribution is 5.12. The van der Waals surface area contributed by atoms with E-state index in [1.54, 1.807) is 6.92 Å². The Morgan fingerprint density at radius 1 is 1.31 bits per heavy atom. The number of aliphatic hydroxyl groups is 1. The van der Waals surface area contributed by atoms with E-state index in [1.165, 1.54) is 0 Å². The van der Waals surface area contributed by atoms with Gasteiger partial charge in [0.05, 0.1) is 12.6 Å². The average molecular weight is 227 g/mol. The van der Waals surface area contributed by atoms with Crippen LogP contribution in [-0.2, 0) is 16.0 Å². The Kier molecular flexibility index (Phi) is 5.52. The van der Waals surface area contributed by atoms with E-state index in [1.807, 2.05) is 36.9 Å². The number of hydrogen-bond acceptors (Lipinski definition) is 3. The van der Waals surface area contributed by atoms with Crippen LogP contribution in [0.4, 0.5) is 0 Å². The molecule has 0 saturated heterocycles. The predicted octanol–water partition coefficient (Wildman–Crippen LogP) is 1.94. The molecule has 0 amide bonds. The fraction of sp³-hybridized carbons (Fsp3) is 0.667. The predicted molar refractivity (Wildman–Crippen MR) is 62.1 cm³/mol. The van der Waals surface area contributed by atoms with Gasteiger partial charge in [0.2, 0.25) is 0 Å². The maximum Gasteiger partial charge on any atom is 0.175 e. The number of aliphatic hydroxyl groups excluding tert-OH is 1. The number of hydrogen-bond donors (Lipinski definition) is 1. The Morgan fingerprint density at radius 2 is 1.94 bits per heavy atom. The van der Waals surface area contributed by atoms with E-state index >= 15 is 0 Å². The van der Waals surface area contributed by atoms with E-state index < -0.39 is 6.10 Å². The molecule has 1 heterocycles. The molecule has 1 aromatic heterocycles. The molecule has 1 aromatic rings. The molecule has 0 aliphatic carbocycles. The first-order valence-corrected chi connectivity index (χ1v) is 5.74. The van der Waals surface area contributed by atoms with Crippen LogP contribution in [-0.4, -0.2) is 29.2 Å². The summed E-state index contributed by atoms with van der Waals surface area (Å²) in [6.45, 7) is 7.56. The SMILES string of the molecule is CCOC(Cn1ccc(C(C)O)c1)OCC. The fourth-order valence-corrected chi connectivity index (χ4v) is 1.52. The topological polar surface area (TPSA) is 43.6 Å². The summed E-state index contributed by atoms with van der Waals surface area (Å²) >= 11 is 0. The summed E-state index contributed by atoms with van der Waals surface area (Å²) in [6, 6.07) is 1.90. The summed E-state index contributed by atoms with van der Waals surface area (Å²) in [4.78, 5) is 0. The van der Waals surface area contributed by atoms with Gasteiger partial charge >= 0.3 is 0 Å². The van der Waals surface area contributed by atoms with Crippen LogP contribution in [0.3, 0.4) is 0 Å². The van der Waals surface area contributed by atoms with Crippen LogP contribution < -0.4 is 0 Å². The Morgan fingerprint density at radius 3 is 2.38 bits per heavy atom. The molecule has 0 spiro atoms. The average Bonchev–Trinajstić information content (AvgIpc) is 2.67. The van der Waals surface area contributed by atoms with Crippen molar-refractivity contribution in [1.82, 2.24) is 4.57 Å². The summed E-state index contributed by atoms with van der Waals surface area (Å²) in [5, 5.41) is 9.40. The Bertz CT molecular complexity index is 290. The zero-order valence-electron chi connectivity index (χ0n) is 10.2. The van der Waals surface area contributed by atoms with Gasteiger partial charge in [0, 0.05) is 25.6 Å². The van der Waals surface area contributed by atoms with Gasteiger partial charge in [0.1, 0.15) is 0 Å². The van der Waals surface area contributed by atoms with Gasteiger partial charge in [-0.25, -0.2) is 0 Å². The van der Waals surface area contributed by atoms with Crippen molar-refractivity contribution in [2.24, 2.45) is 0 Å². The molecule has 16 heavy (non-hydrogen) atoms. The van der Waals surface area contributed by atoms with Gasteiger partial charge in [-0.1, -0.05) is 0 Å². The van der Waals surface area contributed by atoms with Crippen molar-refractivity contribution in [1.29, 1.82) is 0 Å². The lowest BCUT2D eigenvalue weighted by Gasteiger charge is -2.17. The molecule has 1 N–H and O–H groups in total. The molecule has 0 aliphatic rings. The van der Waals surface area contributed by atoms with Crippen LogP contribution in [0.5, 0.6) is 0 Å². The number of nitrogens with zero attached hydrogens (tertiary/aromatic N) is 1. The third-order valence-corrected chi connectivity index (χ3v) is 2.32. The summed E-state index contributed by atoms with van der Waals surface area (Å²) < 4.78 is 12.9. The molecule has 0 saturated carbocycles. The van der Waals surface area contributed by atoms with Crippen molar-refractivity contribution in [3.8, 4) is 0 Å². The molecule has 1 rings (SSSR count). The van der Waals surface area contributed by atoms with Crippen LogP contribution in [0.25, 0.3) is 0 Å². The van der Waals surface area contributed by atoms with Gasteiger partial charge in [0.15, 0.2) is 6.29 Å². The largest absolute Gasteiger partial charge is 0.389 e. The van der Waals surface area contributed by atoms with Crippen LogP contribution in [0.1, 0.15) is 32.4 Å². The van der Waals surface area contributed by atoms with Crippen LogP contribution in [0.15, 0.2) is 18.5 Å². The Labute approximate surface area is 96.8 Å². The van der Waals surface area contributed by atoms with Gasteiger partial charge in [-0.3, -0.25) is 0 Å². The number of aromatic nitrogens is 1. The van der Waals surface area contributed by atoms with E-state index in [2.05, 4.69) is 0 Å². The molecule has 0 fully saturated rings. The fourth-order valence-electron chi connectivity index (χ4n) is 1.52. The van der Waals surface area contributed by atoms with Crippen molar-refractivity contribution in [3.63, 3.8) is 0 Å². The molecule has 1 unspecified atom stereocenters. The maximum atomic E-state index is 9.40. The van der Waals surface area contributed by atoms with E-state index in [4.69, 9.17) is 9.47 Å². The third kappa shape index (κ3) is 3.96. The Balaban J connectivity index is 2.55. The van der Waals surface area contributed by atoms with Crippen molar-refractivity contribution in [3.05, 3.63) is 24.0 Å².